The summed E-state index contributed by atoms with van der Waals surface area (Å²) in [7, 11) is 4.48. The van der Waals surface area contributed by atoms with Crippen molar-refractivity contribution in [2.24, 2.45) is 0 Å². The van der Waals surface area contributed by atoms with Crippen molar-refractivity contribution in [3.8, 4) is 11.5 Å². The number of benzene rings is 1. The number of hydrogen-bond acceptors (Lipinski definition) is 8. The molecular weight excluding hydrogens is 492 g/mol. The highest BCUT2D eigenvalue weighted by Gasteiger charge is 2.26. The first-order chi connectivity index (χ1) is 18.4. The van der Waals surface area contributed by atoms with E-state index in [-0.39, 0.29) is 44.7 Å². The van der Waals surface area contributed by atoms with Gasteiger partial charge in [0.2, 0.25) is 0 Å². The largest absolute Gasteiger partial charge is 0.497 e. The van der Waals surface area contributed by atoms with Crippen LogP contribution >= 0.6 is 0 Å². The van der Waals surface area contributed by atoms with Crippen LogP contribution in [0.3, 0.4) is 0 Å². The number of methoxy groups -OCH3 is 3. The second-order valence-electron chi connectivity index (χ2n) is 7.82. The van der Waals surface area contributed by atoms with E-state index in [1.165, 1.54) is 27.4 Å². The van der Waals surface area contributed by atoms with E-state index in [1.54, 1.807) is 24.3 Å². The van der Waals surface area contributed by atoms with Crippen LogP contribution in [0.4, 0.5) is 0 Å². The average molecular weight is 533 g/mol. The molecular formula is C29H40O9. The molecule has 0 radical (unpaired) electrons. The lowest BCUT2D eigenvalue weighted by molar-refractivity contribution is -0.0213. The van der Waals surface area contributed by atoms with Crippen LogP contribution in [0.25, 0.3) is 5.57 Å². The van der Waals surface area contributed by atoms with Crippen LogP contribution in [0, 0.1) is 0 Å². The molecule has 0 aliphatic rings. The zero-order chi connectivity index (χ0) is 28.3. The van der Waals surface area contributed by atoms with Crippen molar-refractivity contribution in [3.63, 3.8) is 0 Å². The number of carbonyl (C=O) groups is 1. The number of aromatic carboxylic acids is 1. The van der Waals surface area contributed by atoms with Gasteiger partial charge in [-0.05, 0) is 37.5 Å². The summed E-state index contributed by atoms with van der Waals surface area (Å²) in [6.07, 6.45) is 9.59. The minimum atomic E-state index is -1.20. The Labute approximate surface area is 225 Å². The van der Waals surface area contributed by atoms with E-state index in [9.17, 15) is 15.0 Å². The number of aliphatic hydroxyl groups is 1. The molecule has 0 aromatic heterocycles. The fourth-order valence-corrected chi connectivity index (χ4v) is 3.65. The third-order valence-electron chi connectivity index (χ3n) is 5.26. The van der Waals surface area contributed by atoms with Crippen LogP contribution in [-0.4, -0.2) is 70.9 Å². The highest BCUT2D eigenvalue weighted by atomic mass is 16.7. The second kappa shape index (κ2) is 18.8. The van der Waals surface area contributed by atoms with E-state index < -0.39 is 5.97 Å². The fraction of sp³-hybridized carbons (Fsp3) is 0.414. The molecule has 0 heterocycles. The van der Waals surface area contributed by atoms with Crippen molar-refractivity contribution in [1.82, 2.24) is 0 Å². The summed E-state index contributed by atoms with van der Waals surface area (Å²) in [6, 6.07) is 3.15. The van der Waals surface area contributed by atoms with Crippen molar-refractivity contribution in [3.05, 3.63) is 77.1 Å². The fourth-order valence-electron chi connectivity index (χ4n) is 3.65. The van der Waals surface area contributed by atoms with Gasteiger partial charge in [-0.2, -0.15) is 0 Å². The number of ether oxygens (including phenoxy) is 6. The van der Waals surface area contributed by atoms with Crippen molar-refractivity contribution in [2.75, 3.05) is 54.7 Å². The van der Waals surface area contributed by atoms with Gasteiger partial charge in [0.1, 0.15) is 36.2 Å². The van der Waals surface area contributed by atoms with Gasteiger partial charge < -0.3 is 38.6 Å². The Morgan fingerprint density at radius 1 is 1.13 bits per heavy atom. The van der Waals surface area contributed by atoms with Crippen molar-refractivity contribution in [1.29, 1.82) is 0 Å². The summed E-state index contributed by atoms with van der Waals surface area (Å²) in [5, 5.41) is 20.2. The number of hydrogen-bond donors (Lipinski definition) is 2. The van der Waals surface area contributed by atoms with E-state index in [2.05, 4.69) is 6.58 Å². The molecule has 0 unspecified atom stereocenters. The SMILES string of the molecule is C=C/C=C(\C=C/C)COc1cc(OC)cc(C(/C(=C\COCOC)OCOC)=C(/CC)CCO)c1C(=O)O. The van der Waals surface area contributed by atoms with Gasteiger partial charge in [-0.1, -0.05) is 43.4 Å². The molecule has 0 bridgehead atoms. The first-order valence-electron chi connectivity index (χ1n) is 12.2. The number of carboxylic acids is 1. The van der Waals surface area contributed by atoms with Crippen molar-refractivity contribution >= 4 is 11.5 Å². The number of rotatable bonds is 19. The van der Waals surface area contributed by atoms with Crippen molar-refractivity contribution < 1.29 is 43.4 Å². The molecule has 1 aromatic rings. The molecule has 0 aliphatic heterocycles. The van der Waals surface area contributed by atoms with Gasteiger partial charge in [-0.3, -0.25) is 0 Å². The van der Waals surface area contributed by atoms with Crippen molar-refractivity contribution in [2.45, 2.75) is 26.7 Å². The van der Waals surface area contributed by atoms with Gasteiger partial charge in [0, 0.05) is 38.0 Å². The monoisotopic (exact) mass is 532 g/mol. The van der Waals surface area contributed by atoms with E-state index in [0.29, 0.717) is 35.5 Å². The quantitative estimate of drug-likeness (QED) is 0.108. The molecule has 210 valence electrons. The zero-order valence-electron chi connectivity index (χ0n) is 23.0. The van der Waals surface area contributed by atoms with Crippen LogP contribution in [0.5, 0.6) is 11.5 Å². The Balaban J connectivity index is 3.93. The predicted octanol–water partition coefficient (Wildman–Crippen LogP) is 5.13. The van der Waals surface area contributed by atoms with Gasteiger partial charge in [0.05, 0.1) is 13.7 Å². The molecule has 0 fully saturated rings. The molecule has 0 amide bonds. The summed E-state index contributed by atoms with van der Waals surface area (Å²) in [5.74, 6) is -0.364. The normalized spacial score (nSPS) is 12.9. The van der Waals surface area contributed by atoms with Gasteiger partial charge in [-0.25, -0.2) is 4.79 Å². The Morgan fingerprint density at radius 3 is 2.42 bits per heavy atom. The molecule has 38 heavy (non-hydrogen) atoms. The predicted molar refractivity (Wildman–Crippen MR) is 146 cm³/mol. The molecule has 9 nitrogen and oxygen atoms in total. The highest BCUT2D eigenvalue weighted by molar-refractivity contribution is 6.00. The first-order valence-corrected chi connectivity index (χ1v) is 12.2. The number of carboxylic acid groups (broad SMARTS) is 1. The lowest BCUT2D eigenvalue weighted by Gasteiger charge is -2.22. The lowest BCUT2D eigenvalue weighted by atomic mass is 9.90. The lowest BCUT2D eigenvalue weighted by Crippen LogP contribution is -2.12. The van der Waals surface area contributed by atoms with Crippen LogP contribution in [0.15, 0.2) is 66.0 Å². The van der Waals surface area contributed by atoms with E-state index in [1.807, 2.05) is 26.0 Å². The summed E-state index contributed by atoms with van der Waals surface area (Å²) < 4.78 is 32.9. The summed E-state index contributed by atoms with van der Waals surface area (Å²) >= 11 is 0. The van der Waals surface area contributed by atoms with E-state index in [4.69, 9.17) is 28.4 Å². The summed E-state index contributed by atoms with van der Waals surface area (Å²) in [5.41, 5.74) is 2.28. The van der Waals surface area contributed by atoms with E-state index in [0.717, 1.165) is 11.1 Å². The third kappa shape index (κ3) is 10.2. The molecule has 2 N–H and O–H groups in total. The molecule has 1 aromatic carbocycles. The van der Waals surface area contributed by atoms with Crippen LogP contribution in [-0.2, 0) is 18.9 Å². The third-order valence-corrected chi connectivity index (χ3v) is 5.26. The van der Waals surface area contributed by atoms with Crippen LogP contribution in [0.2, 0.25) is 0 Å². The van der Waals surface area contributed by atoms with Crippen LogP contribution < -0.4 is 9.47 Å². The minimum absolute atomic E-state index is 0.0642. The number of aliphatic hydroxyl groups excluding tert-OH is 1. The molecule has 0 atom stereocenters. The maximum atomic E-state index is 12.7. The standard InChI is InChI=1S/C29H40O9/c1-7-10-21(11-8-2)18-37-26-17-23(35-6)16-24(28(26)29(31)32)27(22(9-3)12-14-30)25(38-20-34-5)13-15-36-19-33-4/h7-8,10-11,13,16-17,30H,1,9,12,14-15,18-20H2,2-6H3,(H,31,32)/b11-8-,21-10+,25-13+,27-22+. The number of allylic oxidation sites excluding steroid dienone is 4. The Hall–Kier alpha value is -3.37. The van der Waals surface area contributed by atoms with Gasteiger partial charge in [0.25, 0.3) is 0 Å². The molecule has 9 heteroatoms. The molecule has 1 rings (SSSR count). The van der Waals surface area contributed by atoms with Crippen LogP contribution in [0.1, 0.15) is 42.6 Å². The zero-order valence-corrected chi connectivity index (χ0v) is 23.0. The summed E-state index contributed by atoms with van der Waals surface area (Å²) in [6.45, 7) is 7.57. The Morgan fingerprint density at radius 2 is 1.87 bits per heavy atom. The maximum Gasteiger partial charge on any atom is 0.340 e. The second-order valence-corrected chi connectivity index (χ2v) is 7.82. The minimum Gasteiger partial charge on any atom is -0.497 e. The van der Waals surface area contributed by atoms with Gasteiger partial charge in [-0.15, -0.1) is 0 Å². The van der Waals surface area contributed by atoms with E-state index >= 15 is 0 Å². The topological polar surface area (TPSA) is 113 Å². The highest BCUT2D eigenvalue weighted by Crippen LogP contribution is 2.39. The van der Waals surface area contributed by atoms with Gasteiger partial charge >= 0.3 is 5.97 Å². The van der Waals surface area contributed by atoms with Gasteiger partial charge in [0.15, 0.2) is 6.79 Å². The average Bonchev–Trinajstić information content (AvgIpc) is 2.91. The molecule has 0 saturated heterocycles. The Bertz CT molecular complexity index is 1020. The smallest absolute Gasteiger partial charge is 0.340 e. The molecule has 0 aliphatic carbocycles. The molecule has 0 saturated carbocycles. The summed E-state index contributed by atoms with van der Waals surface area (Å²) in [4.78, 5) is 12.7. The Kier molecular flexibility index (Phi) is 16.2. The first kappa shape index (κ1) is 32.7. The molecule has 0 spiro atoms. The maximum absolute atomic E-state index is 12.7.